The molecule has 0 radical (unpaired) electrons. The minimum atomic E-state index is -0.715. The van der Waals surface area contributed by atoms with Gasteiger partial charge in [-0.3, -0.25) is 4.79 Å². The SMILES string of the molecule is Cc1oncc1C(=O)Nc1ccc(O)cc1F. The second-order valence-electron chi connectivity index (χ2n) is 3.41. The van der Waals surface area contributed by atoms with E-state index in [2.05, 4.69) is 10.5 Å². The van der Waals surface area contributed by atoms with Gasteiger partial charge in [0.15, 0.2) is 0 Å². The third-order valence-corrected chi connectivity index (χ3v) is 2.20. The van der Waals surface area contributed by atoms with Crippen molar-refractivity contribution in [3.8, 4) is 5.75 Å². The largest absolute Gasteiger partial charge is 0.508 e. The van der Waals surface area contributed by atoms with Crippen LogP contribution in [0.25, 0.3) is 0 Å². The molecule has 1 amide bonds. The lowest BCUT2D eigenvalue weighted by molar-refractivity contribution is 0.102. The maximum atomic E-state index is 13.3. The van der Waals surface area contributed by atoms with Crippen molar-refractivity contribution in [3.63, 3.8) is 0 Å². The molecule has 5 nitrogen and oxygen atoms in total. The first-order chi connectivity index (χ1) is 8.08. The number of aryl methyl sites for hydroxylation is 1. The van der Waals surface area contributed by atoms with E-state index in [1.54, 1.807) is 6.92 Å². The van der Waals surface area contributed by atoms with Gasteiger partial charge in [-0.05, 0) is 19.1 Å². The highest BCUT2D eigenvalue weighted by Crippen LogP contribution is 2.20. The monoisotopic (exact) mass is 236 g/mol. The van der Waals surface area contributed by atoms with Crippen LogP contribution in [-0.2, 0) is 0 Å². The van der Waals surface area contributed by atoms with Gasteiger partial charge in [0, 0.05) is 6.07 Å². The molecular weight excluding hydrogens is 227 g/mol. The molecule has 1 aromatic carbocycles. The van der Waals surface area contributed by atoms with Crippen molar-refractivity contribution in [2.24, 2.45) is 0 Å². The Morgan fingerprint density at radius 3 is 2.88 bits per heavy atom. The number of phenols is 1. The summed E-state index contributed by atoms with van der Waals surface area (Å²) in [7, 11) is 0. The molecule has 2 N–H and O–H groups in total. The highest BCUT2D eigenvalue weighted by molar-refractivity contribution is 6.04. The van der Waals surface area contributed by atoms with E-state index in [0.29, 0.717) is 5.76 Å². The molecule has 6 heteroatoms. The minimum absolute atomic E-state index is 0.0200. The zero-order valence-corrected chi connectivity index (χ0v) is 8.90. The Labute approximate surface area is 95.9 Å². The van der Waals surface area contributed by atoms with Gasteiger partial charge in [-0.2, -0.15) is 0 Å². The van der Waals surface area contributed by atoms with Crippen molar-refractivity contribution in [1.29, 1.82) is 0 Å². The van der Waals surface area contributed by atoms with E-state index in [9.17, 15) is 9.18 Å². The first-order valence-corrected chi connectivity index (χ1v) is 4.79. The van der Waals surface area contributed by atoms with Gasteiger partial charge in [-0.15, -0.1) is 0 Å². The number of hydrogen-bond acceptors (Lipinski definition) is 4. The smallest absolute Gasteiger partial charge is 0.260 e. The summed E-state index contributed by atoms with van der Waals surface area (Å²) >= 11 is 0. The molecular formula is C11H9FN2O3. The lowest BCUT2D eigenvalue weighted by Crippen LogP contribution is -2.13. The fourth-order valence-corrected chi connectivity index (χ4v) is 1.31. The van der Waals surface area contributed by atoms with Crippen molar-refractivity contribution < 1.29 is 18.8 Å². The van der Waals surface area contributed by atoms with Crippen LogP contribution in [0.2, 0.25) is 0 Å². The first kappa shape index (κ1) is 11.1. The number of hydrogen-bond donors (Lipinski definition) is 2. The molecule has 0 fully saturated rings. The zero-order valence-electron chi connectivity index (χ0n) is 8.90. The van der Waals surface area contributed by atoms with Crippen LogP contribution < -0.4 is 5.32 Å². The van der Waals surface area contributed by atoms with Crippen molar-refractivity contribution >= 4 is 11.6 Å². The number of benzene rings is 1. The van der Waals surface area contributed by atoms with E-state index in [1.807, 2.05) is 0 Å². The normalized spacial score (nSPS) is 10.2. The van der Waals surface area contributed by atoms with Gasteiger partial charge in [0.25, 0.3) is 5.91 Å². The Kier molecular flexibility index (Phi) is 2.78. The van der Waals surface area contributed by atoms with Crippen LogP contribution in [0, 0.1) is 12.7 Å². The summed E-state index contributed by atoms with van der Waals surface area (Å²) in [4.78, 5) is 11.7. The van der Waals surface area contributed by atoms with Crippen molar-refractivity contribution in [3.05, 3.63) is 41.5 Å². The summed E-state index contributed by atoms with van der Waals surface area (Å²) in [5.41, 5.74) is 0.214. The third-order valence-electron chi connectivity index (χ3n) is 2.20. The molecule has 88 valence electrons. The standard InChI is InChI=1S/C11H9FN2O3/c1-6-8(5-13-17-6)11(16)14-10-3-2-7(15)4-9(10)12/h2-5,15H,1H3,(H,14,16). The third kappa shape index (κ3) is 2.25. The molecule has 1 aromatic heterocycles. The first-order valence-electron chi connectivity index (χ1n) is 4.79. The highest BCUT2D eigenvalue weighted by Gasteiger charge is 2.14. The Balaban J connectivity index is 2.22. The molecule has 0 saturated carbocycles. The zero-order chi connectivity index (χ0) is 12.4. The number of nitrogens with one attached hydrogen (secondary N) is 1. The minimum Gasteiger partial charge on any atom is -0.508 e. The van der Waals surface area contributed by atoms with Crippen molar-refractivity contribution in [2.75, 3.05) is 5.32 Å². The van der Waals surface area contributed by atoms with Crippen LogP contribution in [0.1, 0.15) is 16.1 Å². The van der Waals surface area contributed by atoms with Gasteiger partial charge < -0.3 is 14.9 Å². The van der Waals surface area contributed by atoms with Gasteiger partial charge in [0.1, 0.15) is 22.9 Å². The Morgan fingerprint density at radius 2 is 2.29 bits per heavy atom. The van der Waals surface area contributed by atoms with Gasteiger partial charge in [-0.25, -0.2) is 4.39 Å². The molecule has 2 aromatic rings. The van der Waals surface area contributed by atoms with Crippen LogP contribution in [0.3, 0.4) is 0 Å². The number of aromatic hydroxyl groups is 1. The number of anilines is 1. The van der Waals surface area contributed by atoms with Crippen molar-refractivity contribution in [1.82, 2.24) is 5.16 Å². The Hall–Kier alpha value is -2.37. The molecule has 0 bridgehead atoms. The van der Waals surface area contributed by atoms with Crippen LogP contribution in [-0.4, -0.2) is 16.2 Å². The van der Waals surface area contributed by atoms with Gasteiger partial charge in [-0.1, -0.05) is 5.16 Å². The second-order valence-corrected chi connectivity index (χ2v) is 3.41. The molecule has 0 atom stereocenters. The molecule has 0 aliphatic heterocycles. The average Bonchev–Trinajstić information content (AvgIpc) is 2.68. The quantitative estimate of drug-likeness (QED) is 0.783. The van der Waals surface area contributed by atoms with E-state index in [4.69, 9.17) is 9.63 Å². The van der Waals surface area contributed by atoms with Crippen LogP contribution in [0.4, 0.5) is 10.1 Å². The van der Waals surface area contributed by atoms with E-state index in [1.165, 1.54) is 18.3 Å². The fraction of sp³-hybridized carbons (Fsp3) is 0.0909. The van der Waals surface area contributed by atoms with E-state index >= 15 is 0 Å². The Bertz CT molecular complexity index is 566. The Morgan fingerprint density at radius 1 is 1.53 bits per heavy atom. The van der Waals surface area contributed by atoms with Crippen LogP contribution in [0.15, 0.2) is 28.9 Å². The lowest BCUT2D eigenvalue weighted by Gasteiger charge is -2.05. The maximum absolute atomic E-state index is 13.3. The highest BCUT2D eigenvalue weighted by atomic mass is 19.1. The summed E-state index contributed by atoms with van der Waals surface area (Å²) in [6, 6.07) is 3.46. The number of halogens is 1. The number of phenolic OH excluding ortho intramolecular Hbond substituents is 1. The fourth-order valence-electron chi connectivity index (χ4n) is 1.31. The number of amides is 1. The topological polar surface area (TPSA) is 75.4 Å². The predicted molar refractivity (Wildman–Crippen MR) is 57.3 cm³/mol. The average molecular weight is 236 g/mol. The number of nitrogens with zero attached hydrogens (tertiary/aromatic N) is 1. The number of carbonyl (C=O) groups excluding carboxylic acids is 1. The second kappa shape index (κ2) is 4.25. The molecule has 0 unspecified atom stereocenters. The summed E-state index contributed by atoms with van der Waals surface area (Å²) in [5.74, 6) is -1.09. The van der Waals surface area contributed by atoms with Gasteiger partial charge in [0.05, 0.1) is 11.9 Å². The molecule has 0 aliphatic carbocycles. The van der Waals surface area contributed by atoms with Crippen molar-refractivity contribution in [2.45, 2.75) is 6.92 Å². The van der Waals surface area contributed by atoms with Gasteiger partial charge in [0.2, 0.25) is 0 Å². The predicted octanol–water partition coefficient (Wildman–Crippen LogP) is 2.08. The summed E-state index contributed by atoms with van der Waals surface area (Å²) in [5, 5.41) is 14.8. The van der Waals surface area contributed by atoms with E-state index in [0.717, 1.165) is 6.07 Å². The summed E-state index contributed by atoms with van der Waals surface area (Å²) in [6.45, 7) is 1.58. The molecule has 0 saturated heterocycles. The molecule has 0 aliphatic rings. The summed E-state index contributed by atoms with van der Waals surface area (Å²) in [6.07, 6.45) is 1.25. The molecule has 2 rings (SSSR count). The van der Waals surface area contributed by atoms with E-state index in [-0.39, 0.29) is 17.0 Å². The lowest BCUT2D eigenvalue weighted by atomic mass is 10.2. The van der Waals surface area contributed by atoms with E-state index < -0.39 is 11.7 Å². The number of aromatic nitrogens is 1. The maximum Gasteiger partial charge on any atom is 0.260 e. The summed E-state index contributed by atoms with van der Waals surface area (Å²) < 4.78 is 18.1. The van der Waals surface area contributed by atoms with Crippen LogP contribution >= 0.6 is 0 Å². The molecule has 0 spiro atoms. The van der Waals surface area contributed by atoms with Crippen LogP contribution in [0.5, 0.6) is 5.75 Å². The number of carbonyl (C=O) groups is 1. The molecule has 17 heavy (non-hydrogen) atoms. The number of rotatable bonds is 2. The van der Waals surface area contributed by atoms with Gasteiger partial charge >= 0.3 is 0 Å². The molecule has 1 heterocycles.